The maximum atomic E-state index is 5.60. The third-order valence-corrected chi connectivity index (χ3v) is 2.80. The standard InChI is InChI=1S/C11H18N4O/c1-12-10-6-11(14-8-13-10)15(2)7-9-4-3-5-16-9/h6,8-9H,3-5,7H2,1-2H3,(H,12,13,14). The summed E-state index contributed by atoms with van der Waals surface area (Å²) in [5.74, 6) is 1.76. The first-order valence-corrected chi connectivity index (χ1v) is 5.62. The Balaban J connectivity index is 1.98. The monoisotopic (exact) mass is 222 g/mol. The second-order valence-electron chi connectivity index (χ2n) is 4.03. The lowest BCUT2D eigenvalue weighted by molar-refractivity contribution is 0.116. The van der Waals surface area contributed by atoms with Crippen LogP contribution in [0.5, 0.6) is 0 Å². The summed E-state index contributed by atoms with van der Waals surface area (Å²) in [5.41, 5.74) is 0. The van der Waals surface area contributed by atoms with Crippen LogP contribution in [0, 0.1) is 0 Å². The second-order valence-corrected chi connectivity index (χ2v) is 4.03. The van der Waals surface area contributed by atoms with Crippen molar-refractivity contribution in [1.82, 2.24) is 9.97 Å². The number of hydrogen-bond acceptors (Lipinski definition) is 5. The van der Waals surface area contributed by atoms with Gasteiger partial charge in [0.15, 0.2) is 0 Å². The minimum atomic E-state index is 0.345. The van der Waals surface area contributed by atoms with Gasteiger partial charge in [-0.2, -0.15) is 0 Å². The van der Waals surface area contributed by atoms with E-state index in [1.165, 1.54) is 6.42 Å². The molecule has 1 unspecified atom stereocenters. The highest BCUT2D eigenvalue weighted by Gasteiger charge is 2.18. The van der Waals surface area contributed by atoms with Crippen LogP contribution < -0.4 is 10.2 Å². The van der Waals surface area contributed by atoms with E-state index in [0.717, 1.165) is 31.2 Å². The van der Waals surface area contributed by atoms with Crippen LogP contribution in [-0.4, -0.2) is 43.3 Å². The number of ether oxygens (including phenoxy) is 1. The molecule has 0 aliphatic carbocycles. The van der Waals surface area contributed by atoms with Gasteiger partial charge in [-0.25, -0.2) is 9.97 Å². The van der Waals surface area contributed by atoms with Crippen molar-refractivity contribution in [3.63, 3.8) is 0 Å². The van der Waals surface area contributed by atoms with Crippen LogP contribution in [0.3, 0.4) is 0 Å². The van der Waals surface area contributed by atoms with E-state index in [-0.39, 0.29) is 0 Å². The summed E-state index contributed by atoms with van der Waals surface area (Å²) in [4.78, 5) is 10.5. The van der Waals surface area contributed by atoms with Gasteiger partial charge < -0.3 is 15.0 Å². The van der Waals surface area contributed by atoms with Crippen molar-refractivity contribution in [3.8, 4) is 0 Å². The van der Waals surface area contributed by atoms with E-state index in [1.54, 1.807) is 6.33 Å². The fourth-order valence-electron chi connectivity index (χ4n) is 1.88. The number of likely N-dealkylation sites (N-methyl/N-ethyl adjacent to an activating group) is 1. The Morgan fingerprint density at radius 3 is 3.12 bits per heavy atom. The number of hydrogen-bond donors (Lipinski definition) is 1. The summed E-state index contributed by atoms with van der Waals surface area (Å²) in [7, 11) is 3.88. The Hall–Kier alpha value is -1.36. The van der Waals surface area contributed by atoms with Crippen molar-refractivity contribution < 1.29 is 4.74 Å². The van der Waals surface area contributed by atoms with Gasteiger partial charge in [0, 0.05) is 33.3 Å². The topological polar surface area (TPSA) is 50.3 Å². The summed E-state index contributed by atoms with van der Waals surface area (Å²) in [6, 6.07) is 1.94. The van der Waals surface area contributed by atoms with Crippen molar-refractivity contribution in [2.24, 2.45) is 0 Å². The van der Waals surface area contributed by atoms with Crippen molar-refractivity contribution in [2.45, 2.75) is 18.9 Å². The lowest BCUT2D eigenvalue weighted by Crippen LogP contribution is -2.29. The first-order valence-electron chi connectivity index (χ1n) is 5.62. The predicted octanol–water partition coefficient (Wildman–Crippen LogP) is 1.13. The van der Waals surface area contributed by atoms with E-state index in [4.69, 9.17) is 4.74 Å². The smallest absolute Gasteiger partial charge is 0.133 e. The summed E-state index contributed by atoms with van der Waals surface area (Å²) in [6.45, 7) is 1.78. The third-order valence-electron chi connectivity index (χ3n) is 2.80. The third kappa shape index (κ3) is 2.61. The largest absolute Gasteiger partial charge is 0.376 e. The Kier molecular flexibility index (Phi) is 3.56. The summed E-state index contributed by atoms with van der Waals surface area (Å²) >= 11 is 0. The highest BCUT2D eigenvalue weighted by molar-refractivity contribution is 5.47. The molecule has 2 heterocycles. The molecule has 1 aromatic rings. The molecule has 5 heteroatoms. The minimum absolute atomic E-state index is 0.345. The second kappa shape index (κ2) is 5.12. The van der Waals surface area contributed by atoms with Crippen LogP contribution in [0.15, 0.2) is 12.4 Å². The average Bonchev–Trinajstić information content (AvgIpc) is 2.82. The molecule has 0 spiro atoms. The Morgan fingerprint density at radius 1 is 1.56 bits per heavy atom. The van der Waals surface area contributed by atoms with Gasteiger partial charge in [0.2, 0.25) is 0 Å². The van der Waals surface area contributed by atoms with Gasteiger partial charge in [0.25, 0.3) is 0 Å². The van der Waals surface area contributed by atoms with Crippen molar-refractivity contribution in [1.29, 1.82) is 0 Å². The molecular formula is C11H18N4O. The van der Waals surface area contributed by atoms with E-state index < -0.39 is 0 Å². The van der Waals surface area contributed by atoms with Crippen molar-refractivity contribution in [3.05, 3.63) is 12.4 Å². The lowest BCUT2D eigenvalue weighted by Gasteiger charge is -2.21. The quantitative estimate of drug-likeness (QED) is 0.827. The molecule has 0 bridgehead atoms. The zero-order chi connectivity index (χ0) is 11.4. The molecule has 1 aromatic heterocycles. The average molecular weight is 222 g/mol. The number of aromatic nitrogens is 2. The Morgan fingerprint density at radius 2 is 2.44 bits per heavy atom. The molecule has 0 aromatic carbocycles. The molecule has 0 radical (unpaired) electrons. The number of anilines is 2. The fraction of sp³-hybridized carbons (Fsp3) is 0.636. The summed E-state index contributed by atoms with van der Waals surface area (Å²) in [6.07, 6.45) is 4.24. The van der Waals surface area contributed by atoms with Crippen LogP contribution in [0.25, 0.3) is 0 Å². The van der Waals surface area contributed by atoms with Crippen LogP contribution in [0.4, 0.5) is 11.6 Å². The zero-order valence-corrected chi connectivity index (χ0v) is 9.81. The van der Waals surface area contributed by atoms with Crippen LogP contribution in [0.1, 0.15) is 12.8 Å². The van der Waals surface area contributed by atoms with E-state index in [9.17, 15) is 0 Å². The van der Waals surface area contributed by atoms with Gasteiger partial charge in [0.1, 0.15) is 18.0 Å². The Bertz CT molecular complexity index is 339. The maximum absolute atomic E-state index is 5.60. The summed E-state index contributed by atoms with van der Waals surface area (Å²) < 4.78 is 5.60. The van der Waals surface area contributed by atoms with Crippen LogP contribution in [0.2, 0.25) is 0 Å². The maximum Gasteiger partial charge on any atom is 0.133 e. The number of rotatable bonds is 4. The summed E-state index contributed by atoms with van der Waals surface area (Å²) in [5, 5.41) is 3.01. The first-order chi connectivity index (χ1) is 7.79. The number of nitrogens with zero attached hydrogens (tertiary/aromatic N) is 3. The molecule has 16 heavy (non-hydrogen) atoms. The molecular weight excluding hydrogens is 204 g/mol. The van der Waals surface area contributed by atoms with Gasteiger partial charge in [0.05, 0.1) is 6.10 Å². The minimum Gasteiger partial charge on any atom is -0.376 e. The zero-order valence-electron chi connectivity index (χ0n) is 9.81. The highest BCUT2D eigenvalue weighted by Crippen LogP contribution is 2.17. The normalized spacial score (nSPS) is 19.8. The fourth-order valence-corrected chi connectivity index (χ4v) is 1.88. The molecule has 1 atom stereocenters. The highest BCUT2D eigenvalue weighted by atomic mass is 16.5. The molecule has 88 valence electrons. The molecule has 1 aliphatic rings. The van der Waals surface area contributed by atoms with Gasteiger partial charge in [-0.05, 0) is 12.8 Å². The molecule has 2 rings (SSSR count). The predicted molar refractivity (Wildman–Crippen MR) is 63.8 cm³/mol. The van der Waals surface area contributed by atoms with Gasteiger partial charge in [-0.15, -0.1) is 0 Å². The molecule has 1 saturated heterocycles. The molecule has 5 nitrogen and oxygen atoms in total. The first kappa shape index (κ1) is 11.1. The van der Waals surface area contributed by atoms with E-state index in [0.29, 0.717) is 6.10 Å². The molecule has 0 amide bonds. The molecule has 1 fully saturated rings. The van der Waals surface area contributed by atoms with E-state index in [2.05, 4.69) is 20.2 Å². The van der Waals surface area contributed by atoms with Gasteiger partial charge >= 0.3 is 0 Å². The van der Waals surface area contributed by atoms with Gasteiger partial charge in [-0.3, -0.25) is 0 Å². The number of nitrogens with one attached hydrogen (secondary N) is 1. The molecule has 1 N–H and O–H groups in total. The molecule has 0 saturated carbocycles. The van der Waals surface area contributed by atoms with Crippen molar-refractivity contribution >= 4 is 11.6 Å². The van der Waals surface area contributed by atoms with Crippen molar-refractivity contribution in [2.75, 3.05) is 37.5 Å². The van der Waals surface area contributed by atoms with Crippen LogP contribution in [-0.2, 0) is 4.74 Å². The van der Waals surface area contributed by atoms with E-state index >= 15 is 0 Å². The lowest BCUT2D eigenvalue weighted by atomic mass is 10.2. The van der Waals surface area contributed by atoms with Gasteiger partial charge in [-0.1, -0.05) is 0 Å². The van der Waals surface area contributed by atoms with E-state index in [1.807, 2.05) is 20.2 Å². The Labute approximate surface area is 95.8 Å². The SMILES string of the molecule is CNc1cc(N(C)CC2CCCO2)ncn1. The van der Waals surface area contributed by atoms with Crippen LogP contribution >= 0.6 is 0 Å². The molecule has 1 aliphatic heterocycles.